The summed E-state index contributed by atoms with van der Waals surface area (Å²) in [7, 11) is 0. The van der Waals surface area contributed by atoms with E-state index >= 15 is 0 Å². The van der Waals surface area contributed by atoms with Crippen molar-refractivity contribution in [1.29, 1.82) is 0 Å². The maximum absolute atomic E-state index is 11.2. The zero-order chi connectivity index (χ0) is 16.5. The van der Waals surface area contributed by atoms with Gasteiger partial charge in [0.2, 0.25) is 0 Å². The third kappa shape index (κ3) is 14.5. The Balaban J connectivity index is 3.75. The number of carbonyl (C=O) groups is 2. The first-order valence-electron chi connectivity index (χ1n) is 8.06. The van der Waals surface area contributed by atoms with Crippen LogP contribution in [0.25, 0.3) is 0 Å². The molecule has 22 heavy (non-hydrogen) atoms. The number of unbranched alkanes of at least 4 members (excludes halogenated alkanes) is 6. The standard InChI is InChI=1S/C18H26O4/c1-3-5-7-11-15-21-17(19)13-9-10-14-18(20)22-16-12-8-6-4-2/h3-8,11-12,15-16H2,1-2H3. The molecule has 122 valence electrons. The van der Waals surface area contributed by atoms with Gasteiger partial charge < -0.3 is 9.47 Å². The fraction of sp³-hybridized carbons (Fsp3) is 0.667. The second kappa shape index (κ2) is 15.4. The molecule has 0 aliphatic carbocycles. The van der Waals surface area contributed by atoms with Crippen LogP contribution in [0.1, 0.15) is 65.2 Å². The van der Waals surface area contributed by atoms with Crippen molar-refractivity contribution in [2.75, 3.05) is 13.2 Å². The van der Waals surface area contributed by atoms with Crippen LogP contribution in [0, 0.1) is 23.7 Å². The summed E-state index contributed by atoms with van der Waals surface area (Å²) in [6.07, 6.45) is 8.32. The SMILES string of the molecule is CCCCCCOC(=O)C#CC#CC(=O)OCCCCCC. The number of rotatable bonds is 10. The van der Waals surface area contributed by atoms with Crippen LogP contribution in [-0.2, 0) is 19.1 Å². The van der Waals surface area contributed by atoms with E-state index in [0.717, 1.165) is 51.4 Å². The number of carbonyl (C=O) groups excluding carboxylic acids is 2. The fourth-order valence-electron chi connectivity index (χ4n) is 1.62. The van der Waals surface area contributed by atoms with Crippen LogP contribution in [-0.4, -0.2) is 25.2 Å². The molecule has 0 aromatic heterocycles. The molecule has 0 aliphatic heterocycles. The molecule has 4 nitrogen and oxygen atoms in total. The second-order valence-electron chi connectivity index (χ2n) is 4.89. The van der Waals surface area contributed by atoms with Crippen molar-refractivity contribution in [3.63, 3.8) is 0 Å². The van der Waals surface area contributed by atoms with Crippen LogP contribution in [0.4, 0.5) is 0 Å². The predicted octanol–water partition coefficient (Wildman–Crippen LogP) is 3.24. The average molecular weight is 306 g/mol. The first-order chi connectivity index (χ1) is 10.7. The van der Waals surface area contributed by atoms with Crippen LogP contribution < -0.4 is 0 Å². The molecular formula is C18H26O4. The molecule has 0 spiro atoms. The van der Waals surface area contributed by atoms with E-state index in [1.807, 2.05) is 0 Å². The fourth-order valence-corrected chi connectivity index (χ4v) is 1.62. The summed E-state index contributed by atoms with van der Waals surface area (Å²) in [6, 6.07) is 0. The summed E-state index contributed by atoms with van der Waals surface area (Å²) < 4.78 is 9.80. The van der Waals surface area contributed by atoms with E-state index in [9.17, 15) is 9.59 Å². The molecule has 0 radical (unpaired) electrons. The lowest BCUT2D eigenvalue weighted by atomic mass is 10.2. The van der Waals surface area contributed by atoms with Crippen LogP contribution >= 0.6 is 0 Å². The lowest BCUT2D eigenvalue weighted by molar-refractivity contribution is -0.137. The zero-order valence-electron chi connectivity index (χ0n) is 13.7. The summed E-state index contributed by atoms with van der Waals surface area (Å²) in [5.41, 5.74) is 0. The summed E-state index contributed by atoms with van der Waals surface area (Å²) >= 11 is 0. The third-order valence-corrected chi connectivity index (χ3v) is 2.85. The number of esters is 2. The van der Waals surface area contributed by atoms with E-state index < -0.39 is 11.9 Å². The van der Waals surface area contributed by atoms with Crippen molar-refractivity contribution in [2.45, 2.75) is 65.2 Å². The van der Waals surface area contributed by atoms with Crippen molar-refractivity contribution in [3.8, 4) is 23.7 Å². The highest BCUT2D eigenvalue weighted by Crippen LogP contribution is 1.99. The minimum Gasteiger partial charge on any atom is -0.456 e. The Morgan fingerprint density at radius 2 is 1.09 bits per heavy atom. The molecule has 0 N–H and O–H groups in total. The summed E-state index contributed by atoms with van der Waals surface area (Å²) in [4.78, 5) is 22.4. The monoisotopic (exact) mass is 306 g/mol. The Morgan fingerprint density at radius 3 is 1.45 bits per heavy atom. The second-order valence-corrected chi connectivity index (χ2v) is 4.89. The van der Waals surface area contributed by atoms with E-state index in [2.05, 4.69) is 37.5 Å². The van der Waals surface area contributed by atoms with Gasteiger partial charge in [-0.25, -0.2) is 9.59 Å². The topological polar surface area (TPSA) is 52.6 Å². The minimum absolute atomic E-state index is 0.376. The largest absolute Gasteiger partial charge is 0.456 e. The first-order valence-corrected chi connectivity index (χ1v) is 8.06. The number of ether oxygens (including phenoxy) is 2. The van der Waals surface area contributed by atoms with Gasteiger partial charge in [-0.05, 0) is 24.7 Å². The van der Waals surface area contributed by atoms with E-state index in [1.165, 1.54) is 0 Å². The molecule has 0 bridgehead atoms. The van der Waals surface area contributed by atoms with Gasteiger partial charge in [0.1, 0.15) is 0 Å². The molecule has 4 heteroatoms. The average Bonchev–Trinajstić information content (AvgIpc) is 2.51. The Morgan fingerprint density at radius 1 is 0.682 bits per heavy atom. The minimum atomic E-state index is -0.612. The van der Waals surface area contributed by atoms with Crippen LogP contribution in [0.15, 0.2) is 0 Å². The Bertz CT molecular complexity index is 389. The summed E-state index contributed by atoms with van der Waals surface area (Å²) in [6.45, 7) is 4.99. The van der Waals surface area contributed by atoms with E-state index in [0.29, 0.717) is 13.2 Å². The zero-order valence-corrected chi connectivity index (χ0v) is 13.7. The molecule has 0 aromatic rings. The number of hydrogen-bond donors (Lipinski definition) is 0. The summed E-state index contributed by atoms with van der Waals surface area (Å²) in [5, 5.41) is 0. The van der Waals surface area contributed by atoms with Crippen LogP contribution in [0.5, 0.6) is 0 Å². The smallest absolute Gasteiger partial charge is 0.385 e. The quantitative estimate of drug-likeness (QED) is 0.269. The highest BCUT2D eigenvalue weighted by molar-refractivity contribution is 5.91. The Labute approximate surface area is 133 Å². The van der Waals surface area contributed by atoms with Gasteiger partial charge in [-0.2, -0.15) is 0 Å². The molecule has 0 fully saturated rings. The molecule has 0 unspecified atom stereocenters. The Kier molecular flexibility index (Phi) is 14.1. The molecule has 0 heterocycles. The molecule has 0 aromatic carbocycles. The first kappa shape index (κ1) is 20.1. The van der Waals surface area contributed by atoms with Crippen LogP contribution in [0.3, 0.4) is 0 Å². The molecule has 0 saturated carbocycles. The van der Waals surface area contributed by atoms with Gasteiger partial charge in [0.25, 0.3) is 0 Å². The van der Waals surface area contributed by atoms with Crippen molar-refractivity contribution in [2.24, 2.45) is 0 Å². The maximum Gasteiger partial charge on any atom is 0.385 e. The van der Waals surface area contributed by atoms with E-state index in [4.69, 9.17) is 9.47 Å². The summed E-state index contributed by atoms with van der Waals surface area (Å²) in [5.74, 6) is 7.80. The van der Waals surface area contributed by atoms with Gasteiger partial charge >= 0.3 is 11.9 Å². The van der Waals surface area contributed by atoms with Gasteiger partial charge in [0.15, 0.2) is 0 Å². The van der Waals surface area contributed by atoms with Crippen molar-refractivity contribution >= 4 is 11.9 Å². The third-order valence-electron chi connectivity index (χ3n) is 2.85. The molecule has 0 rings (SSSR count). The maximum atomic E-state index is 11.2. The van der Waals surface area contributed by atoms with E-state index in [1.54, 1.807) is 0 Å². The van der Waals surface area contributed by atoms with Gasteiger partial charge in [-0.3, -0.25) is 0 Å². The molecular weight excluding hydrogens is 280 g/mol. The van der Waals surface area contributed by atoms with Gasteiger partial charge in [-0.1, -0.05) is 52.4 Å². The van der Waals surface area contributed by atoms with Crippen molar-refractivity contribution < 1.29 is 19.1 Å². The lowest BCUT2D eigenvalue weighted by Crippen LogP contribution is -2.03. The molecule has 0 saturated heterocycles. The van der Waals surface area contributed by atoms with Crippen molar-refractivity contribution in [3.05, 3.63) is 0 Å². The number of hydrogen-bond acceptors (Lipinski definition) is 4. The van der Waals surface area contributed by atoms with Gasteiger partial charge in [0.05, 0.1) is 13.2 Å². The highest BCUT2D eigenvalue weighted by Gasteiger charge is 1.97. The normalized spacial score (nSPS) is 9.00. The van der Waals surface area contributed by atoms with Gasteiger partial charge in [0, 0.05) is 11.8 Å². The predicted molar refractivity (Wildman–Crippen MR) is 85.8 cm³/mol. The van der Waals surface area contributed by atoms with Crippen molar-refractivity contribution in [1.82, 2.24) is 0 Å². The van der Waals surface area contributed by atoms with Crippen LogP contribution in [0.2, 0.25) is 0 Å². The highest BCUT2D eigenvalue weighted by atomic mass is 16.5. The Hall–Kier alpha value is -1.94. The molecule has 0 amide bonds. The molecule has 0 atom stereocenters. The van der Waals surface area contributed by atoms with E-state index in [-0.39, 0.29) is 0 Å². The molecule has 0 aliphatic rings. The van der Waals surface area contributed by atoms with Gasteiger partial charge in [-0.15, -0.1) is 0 Å². The lowest BCUT2D eigenvalue weighted by Gasteiger charge is -1.99.